The van der Waals surface area contributed by atoms with E-state index in [9.17, 15) is 9.59 Å². The second-order valence-electron chi connectivity index (χ2n) is 9.98. The van der Waals surface area contributed by atoms with Crippen LogP contribution in [0.3, 0.4) is 0 Å². The molecule has 2 atom stereocenters. The Morgan fingerprint density at radius 3 is 2.66 bits per heavy atom. The summed E-state index contributed by atoms with van der Waals surface area (Å²) in [7, 11) is 3.50. The zero-order chi connectivity index (χ0) is 23.2. The molecular weight excluding hydrogens is 404 g/mol. The fraction of sp³-hybridized carbons (Fsp3) is 0.500. The van der Waals surface area contributed by atoms with Gasteiger partial charge in [-0.2, -0.15) is 0 Å². The van der Waals surface area contributed by atoms with Crippen LogP contribution in [0.25, 0.3) is 16.7 Å². The molecule has 0 saturated carbocycles. The first kappa shape index (κ1) is 22.0. The molecule has 5 rings (SSSR count). The summed E-state index contributed by atoms with van der Waals surface area (Å²) in [5, 5.41) is 10.4. The largest absolute Gasteiger partial charge is 0.393 e. The highest BCUT2D eigenvalue weighted by Crippen LogP contribution is 2.40. The monoisotopic (exact) mass is 436 g/mol. The van der Waals surface area contributed by atoms with Gasteiger partial charge < -0.3 is 15.6 Å². The molecule has 0 aromatic carbocycles. The van der Waals surface area contributed by atoms with Crippen LogP contribution >= 0.6 is 0 Å². The van der Waals surface area contributed by atoms with Crippen molar-refractivity contribution < 1.29 is 4.79 Å². The minimum absolute atomic E-state index is 0.00508. The van der Waals surface area contributed by atoms with Crippen LogP contribution in [0.5, 0.6) is 0 Å². The highest BCUT2D eigenvalue weighted by atomic mass is 16.2. The predicted molar refractivity (Wildman–Crippen MR) is 127 cm³/mol. The van der Waals surface area contributed by atoms with Crippen molar-refractivity contribution in [1.82, 2.24) is 24.3 Å². The van der Waals surface area contributed by atoms with Crippen LogP contribution in [0.4, 0.5) is 0 Å². The van der Waals surface area contributed by atoms with Gasteiger partial charge in [-0.25, -0.2) is 9.78 Å². The van der Waals surface area contributed by atoms with Crippen LogP contribution in [-0.4, -0.2) is 50.8 Å². The lowest BCUT2D eigenvalue weighted by molar-refractivity contribution is -0.130. The van der Waals surface area contributed by atoms with Crippen LogP contribution in [0, 0.1) is 16.7 Å². The van der Waals surface area contributed by atoms with Crippen LogP contribution in [-0.2, 0) is 18.4 Å². The third-order valence-electron chi connectivity index (χ3n) is 6.31. The van der Waals surface area contributed by atoms with Crippen molar-refractivity contribution in [2.75, 3.05) is 13.6 Å². The number of rotatable bonds is 5. The van der Waals surface area contributed by atoms with E-state index in [0.29, 0.717) is 24.3 Å². The van der Waals surface area contributed by atoms with Gasteiger partial charge in [0.2, 0.25) is 0 Å². The average molecular weight is 437 g/mol. The second kappa shape index (κ2) is 8.07. The Bertz CT molecular complexity index is 1190. The Hall–Kier alpha value is -3.16. The van der Waals surface area contributed by atoms with E-state index in [-0.39, 0.29) is 29.0 Å². The van der Waals surface area contributed by atoms with Gasteiger partial charge in [-0.1, -0.05) is 26.8 Å². The maximum Gasteiger partial charge on any atom is 0.330 e. The quantitative estimate of drug-likeness (QED) is 0.556. The van der Waals surface area contributed by atoms with Crippen molar-refractivity contribution in [2.45, 2.75) is 46.2 Å². The number of piperidine rings is 1. The van der Waals surface area contributed by atoms with Gasteiger partial charge in [-0.3, -0.25) is 13.9 Å². The molecule has 2 aromatic heterocycles. The average Bonchev–Trinajstić information content (AvgIpc) is 3.00. The third kappa shape index (κ3) is 3.78. The summed E-state index contributed by atoms with van der Waals surface area (Å²) in [5.41, 5.74) is 3.85. The Balaban J connectivity index is 1.69. The highest BCUT2D eigenvalue weighted by Gasteiger charge is 2.38. The minimum atomic E-state index is -0.121. The first-order valence-electron chi connectivity index (χ1n) is 11.1. The van der Waals surface area contributed by atoms with Crippen molar-refractivity contribution in [3.8, 4) is 0 Å². The Kier molecular flexibility index (Phi) is 5.56. The zero-order valence-electron chi connectivity index (χ0n) is 19.5. The maximum atomic E-state index is 12.9. The maximum absolute atomic E-state index is 12.9. The van der Waals surface area contributed by atoms with E-state index >= 15 is 0 Å². The first-order valence-corrected chi connectivity index (χ1v) is 11.1. The lowest BCUT2D eigenvalue weighted by Crippen LogP contribution is -2.50. The van der Waals surface area contributed by atoms with Crippen LogP contribution < -0.4 is 11.0 Å². The topological polar surface area (TPSA) is 96.0 Å². The molecule has 0 radical (unpaired) electrons. The van der Waals surface area contributed by atoms with Crippen LogP contribution in [0.2, 0.25) is 0 Å². The lowest BCUT2D eigenvalue weighted by atomic mass is 9.78. The number of imidazole rings is 1. The number of amides is 1. The standard InChI is InChI=1S/C24H32N6O2/c1-24(2,3)14-30-20-9-8-19(27-21(20)28(5)23(30)32)18-10-17-7-6-15(18)13-29(17)22(31)16(11-25)12-26-4/h8-12,15,17,25-26H,6-7,13-14H2,1-5H3/b16-12+,25-11?. The molecule has 2 aliphatic heterocycles. The number of pyridine rings is 1. The number of nitrogens with one attached hydrogen (secondary N) is 2. The van der Waals surface area contributed by atoms with Gasteiger partial charge in [0, 0.05) is 45.5 Å². The fourth-order valence-electron chi connectivity index (χ4n) is 4.84. The molecule has 32 heavy (non-hydrogen) atoms. The number of hydrogen-bond donors (Lipinski definition) is 2. The molecule has 1 fully saturated rings. The number of nitrogens with zero attached hydrogens (tertiary/aromatic N) is 4. The van der Waals surface area contributed by atoms with E-state index in [1.165, 1.54) is 0 Å². The molecule has 170 valence electrons. The zero-order valence-corrected chi connectivity index (χ0v) is 19.5. The molecule has 2 aromatic rings. The lowest BCUT2D eigenvalue weighted by Gasteiger charge is -2.44. The highest BCUT2D eigenvalue weighted by molar-refractivity contribution is 6.11. The van der Waals surface area contributed by atoms with Crippen molar-refractivity contribution in [2.24, 2.45) is 18.4 Å². The second-order valence-corrected chi connectivity index (χ2v) is 9.98. The smallest absolute Gasteiger partial charge is 0.330 e. The summed E-state index contributed by atoms with van der Waals surface area (Å²) in [4.78, 5) is 32.5. The molecular formula is C24H32N6O2. The number of aryl methyl sites for hydroxylation is 1. The van der Waals surface area contributed by atoms with E-state index in [1.807, 2.05) is 17.0 Å². The summed E-state index contributed by atoms with van der Waals surface area (Å²) in [6, 6.07) is 4.00. The molecule has 2 bridgehead atoms. The number of carbonyl (C=O) groups is 1. The number of aromatic nitrogens is 3. The van der Waals surface area contributed by atoms with Gasteiger partial charge in [-0.05, 0) is 36.0 Å². The Morgan fingerprint density at radius 1 is 1.31 bits per heavy atom. The third-order valence-corrected chi connectivity index (χ3v) is 6.31. The number of fused-ring (bicyclic) bond motifs is 3. The van der Waals surface area contributed by atoms with E-state index in [4.69, 9.17) is 10.4 Å². The number of carbonyl (C=O) groups excluding carboxylic acids is 1. The summed E-state index contributed by atoms with van der Waals surface area (Å²) in [6.07, 6.45) is 6.73. The summed E-state index contributed by atoms with van der Waals surface area (Å²) >= 11 is 0. The molecule has 1 amide bonds. The Labute approximate surface area is 188 Å². The normalized spacial score (nSPS) is 21.1. The molecule has 3 aliphatic rings. The van der Waals surface area contributed by atoms with E-state index in [2.05, 4.69) is 32.2 Å². The van der Waals surface area contributed by atoms with Gasteiger partial charge in [0.1, 0.15) is 0 Å². The number of hydrogen-bond acceptors (Lipinski definition) is 5. The molecule has 1 aliphatic carbocycles. The fourth-order valence-corrected chi connectivity index (χ4v) is 4.84. The first-order chi connectivity index (χ1) is 15.1. The molecule has 1 saturated heterocycles. The van der Waals surface area contributed by atoms with Gasteiger partial charge in [0.25, 0.3) is 5.91 Å². The molecule has 2 unspecified atom stereocenters. The molecule has 8 nitrogen and oxygen atoms in total. The van der Waals surface area contributed by atoms with Crippen LogP contribution in [0.15, 0.2) is 34.8 Å². The summed E-state index contributed by atoms with van der Waals surface area (Å²) < 4.78 is 3.43. The van der Waals surface area contributed by atoms with E-state index < -0.39 is 0 Å². The van der Waals surface area contributed by atoms with Gasteiger partial charge in [0.05, 0.1) is 22.8 Å². The van der Waals surface area contributed by atoms with Gasteiger partial charge >= 0.3 is 5.69 Å². The van der Waals surface area contributed by atoms with Gasteiger partial charge in [0.15, 0.2) is 5.65 Å². The predicted octanol–water partition coefficient (Wildman–Crippen LogP) is 2.54. The SMILES string of the molecule is CN/C=C(\C=N)C(=O)N1CC2CCC1C=C2c1ccc2c(n1)n(C)c(=O)n2CC(C)(C)C. The van der Waals surface area contributed by atoms with Crippen LogP contribution in [0.1, 0.15) is 39.3 Å². The van der Waals surface area contributed by atoms with Crippen molar-refractivity contribution in [3.63, 3.8) is 0 Å². The van der Waals surface area contributed by atoms with Crippen molar-refractivity contribution >= 4 is 28.9 Å². The summed E-state index contributed by atoms with van der Waals surface area (Å²) in [6.45, 7) is 7.60. The molecule has 8 heteroatoms. The minimum Gasteiger partial charge on any atom is -0.393 e. The van der Waals surface area contributed by atoms with Gasteiger partial charge in [-0.15, -0.1) is 0 Å². The summed E-state index contributed by atoms with van der Waals surface area (Å²) in [5.74, 6) is 0.0774. The van der Waals surface area contributed by atoms with Crippen molar-refractivity contribution in [3.05, 3.63) is 46.2 Å². The Morgan fingerprint density at radius 2 is 2.06 bits per heavy atom. The van der Waals surface area contributed by atoms with Crippen molar-refractivity contribution in [1.29, 1.82) is 5.41 Å². The molecule has 2 N–H and O–H groups in total. The van der Waals surface area contributed by atoms with E-state index in [1.54, 1.807) is 29.4 Å². The molecule has 4 heterocycles. The molecule has 0 spiro atoms. The van der Waals surface area contributed by atoms with E-state index in [0.717, 1.165) is 35.8 Å².